The Labute approximate surface area is 376 Å². The van der Waals surface area contributed by atoms with Gasteiger partial charge in [0.05, 0.1) is 22.1 Å². The predicted octanol–water partition coefficient (Wildman–Crippen LogP) is 16.5. The first-order valence-electron chi connectivity index (χ1n) is 22.2. The highest BCUT2D eigenvalue weighted by Gasteiger charge is 2.22. The molecule has 65 heavy (non-hydrogen) atoms. The Morgan fingerprint density at radius 3 is 1.35 bits per heavy atom. The minimum atomic E-state index is 0.788. The molecule has 0 atom stereocenters. The fourth-order valence-corrected chi connectivity index (χ4v) is 9.83. The maximum Gasteiger partial charge on any atom is 0.165 e. The van der Waals surface area contributed by atoms with Crippen LogP contribution in [0.15, 0.2) is 237 Å². The minimum absolute atomic E-state index is 0.788. The van der Waals surface area contributed by atoms with Crippen molar-refractivity contribution >= 4 is 65.2 Å². The Hall–Kier alpha value is -8.66. The summed E-state index contributed by atoms with van der Waals surface area (Å²) in [7, 11) is 0. The van der Waals surface area contributed by atoms with Crippen LogP contribution in [0.25, 0.3) is 127 Å². The predicted molar refractivity (Wildman–Crippen MR) is 274 cm³/mol. The van der Waals surface area contributed by atoms with E-state index >= 15 is 0 Å². The van der Waals surface area contributed by atoms with Gasteiger partial charge >= 0.3 is 0 Å². The summed E-state index contributed by atoms with van der Waals surface area (Å²) in [6.45, 7) is 0. The van der Waals surface area contributed by atoms with E-state index < -0.39 is 0 Å². The van der Waals surface area contributed by atoms with Gasteiger partial charge in [-0.15, -0.1) is 0 Å². The second-order valence-electron chi connectivity index (χ2n) is 17.0. The fourth-order valence-electron chi connectivity index (χ4n) is 9.83. The summed E-state index contributed by atoms with van der Waals surface area (Å²) in [5.74, 6) is 0.788. The first kappa shape index (κ1) is 36.9. The molecule has 302 valence electrons. The van der Waals surface area contributed by atoms with Gasteiger partial charge in [-0.05, 0) is 119 Å². The molecule has 0 aliphatic carbocycles. The molecule has 0 unspecified atom stereocenters. The average Bonchev–Trinajstić information content (AvgIpc) is 3.69. The smallest absolute Gasteiger partial charge is 0.165 e. The van der Waals surface area contributed by atoms with Crippen LogP contribution in [-0.4, -0.2) is 14.5 Å². The molecule has 3 nitrogen and oxygen atoms in total. The summed E-state index contributed by atoms with van der Waals surface area (Å²) in [4.78, 5) is 11.5. The number of hydrogen-bond donors (Lipinski definition) is 0. The molecule has 0 fully saturated rings. The Morgan fingerprint density at radius 2 is 0.692 bits per heavy atom. The third kappa shape index (κ3) is 6.36. The summed E-state index contributed by atoms with van der Waals surface area (Å²) in [6, 6.07) is 85.4. The molecule has 0 aliphatic heterocycles. The molecular formula is C62H39N3. The molecule has 3 heteroatoms. The molecule has 0 bridgehead atoms. The zero-order chi connectivity index (χ0) is 42.8. The summed E-state index contributed by atoms with van der Waals surface area (Å²) in [5, 5.41) is 9.51. The van der Waals surface area contributed by atoms with E-state index in [0.717, 1.165) is 72.3 Å². The molecular weight excluding hydrogens is 787 g/mol. The number of hydrogen-bond acceptors (Lipinski definition) is 2. The lowest BCUT2D eigenvalue weighted by Gasteiger charge is -2.17. The first-order chi connectivity index (χ1) is 32.2. The summed E-state index contributed by atoms with van der Waals surface area (Å²) < 4.78 is 2.37. The largest absolute Gasteiger partial charge is 0.292 e. The monoisotopic (exact) mass is 825 g/mol. The molecule has 0 spiro atoms. The van der Waals surface area contributed by atoms with E-state index in [-0.39, 0.29) is 0 Å². The Morgan fingerprint density at radius 1 is 0.262 bits per heavy atom. The lowest BCUT2D eigenvalue weighted by atomic mass is 9.92. The molecule has 2 heterocycles. The third-order valence-corrected chi connectivity index (χ3v) is 13.1. The van der Waals surface area contributed by atoms with Gasteiger partial charge in [-0.1, -0.05) is 194 Å². The second kappa shape index (κ2) is 15.0. The van der Waals surface area contributed by atoms with Crippen LogP contribution in [0, 0.1) is 0 Å². The van der Waals surface area contributed by atoms with Crippen molar-refractivity contribution in [3.8, 4) is 61.6 Å². The van der Waals surface area contributed by atoms with Crippen LogP contribution in [0.3, 0.4) is 0 Å². The van der Waals surface area contributed by atoms with Crippen LogP contribution in [0.1, 0.15) is 0 Å². The third-order valence-electron chi connectivity index (χ3n) is 13.1. The van der Waals surface area contributed by atoms with Crippen LogP contribution in [0.5, 0.6) is 0 Å². The average molecular weight is 826 g/mol. The summed E-state index contributed by atoms with van der Waals surface area (Å²) >= 11 is 0. The normalized spacial score (nSPS) is 11.7. The molecule has 0 radical (unpaired) electrons. The van der Waals surface area contributed by atoms with E-state index in [2.05, 4.69) is 241 Å². The van der Waals surface area contributed by atoms with Crippen molar-refractivity contribution < 1.29 is 0 Å². The highest BCUT2D eigenvalue weighted by Crippen LogP contribution is 2.42. The Balaban J connectivity index is 1.11. The first-order valence-corrected chi connectivity index (χ1v) is 22.2. The topological polar surface area (TPSA) is 30.7 Å². The summed E-state index contributed by atoms with van der Waals surface area (Å²) in [6.07, 6.45) is 0. The molecule has 2 aromatic heterocycles. The Kier molecular flexibility index (Phi) is 8.53. The molecule has 0 saturated heterocycles. The number of nitrogens with zero attached hydrogens (tertiary/aromatic N) is 3. The van der Waals surface area contributed by atoms with Crippen molar-refractivity contribution in [1.29, 1.82) is 0 Å². The molecule has 13 aromatic rings. The minimum Gasteiger partial charge on any atom is -0.292 e. The SMILES string of the molecule is c1ccc(-c2ccc(-c3cc4nc(-n5c6cc(-c7ccc8ccccc8c7)ccc6c6cc7ccccc7cc65)c(-c5ccc6ccccc6c5)nc4cc3-c3ccccc3)cc2)cc1. The van der Waals surface area contributed by atoms with Gasteiger partial charge in [-0.25, -0.2) is 9.97 Å². The molecule has 0 saturated carbocycles. The number of aromatic nitrogens is 3. The van der Waals surface area contributed by atoms with E-state index in [0.29, 0.717) is 0 Å². The van der Waals surface area contributed by atoms with E-state index in [9.17, 15) is 0 Å². The van der Waals surface area contributed by atoms with Crippen LogP contribution < -0.4 is 0 Å². The molecule has 0 amide bonds. The highest BCUT2D eigenvalue weighted by molar-refractivity contribution is 6.15. The summed E-state index contributed by atoms with van der Waals surface area (Å²) in [5.41, 5.74) is 14.8. The van der Waals surface area contributed by atoms with Gasteiger partial charge in [0.25, 0.3) is 0 Å². The molecule has 13 rings (SSSR count). The van der Waals surface area contributed by atoms with E-state index in [4.69, 9.17) is 9.97 Å². The zero-order valence-corrected chi connectivity index (χ0v) is 35.4. The second-order valence-corrected chi connectivity index (χ2v) is 17.0. The van der Waals surface area contributed by atoms with Crippen LogP contribution >= 0.6 is 0 Å². The van der Waals surface area contributed by atoms with Gasteiger partial charge < -0.3 is 0 Å². The van der Waals surface area contributed by atoms with E-state index in [1.807, 2.05) is 0 Å². The van der Waals surface area contributed by atoms with Gasteiger partial charge in [0, 0.05) is 16.3 Å². The van der Waals surface area contributed by atoms with Crippen LogP contribution in [0.4, 0.5) is 0 Å². The van der Waals surface area contributed by atoms with E-state index in [1.54, 1.807) is 0 Å². The van der Waals surface area contributed by atoms with Crippen molar-refractivity contribution in [3.63, 3.8) is 0 Å². The van der Waals surface area contributed by atoms with Gasteiger partial charge in [0.1, 0.15) is 5.69 Å². The fraction of sp³-hybridized carbons (Fsp3) is 0. The number of fused-ring (bicyclic) bond motifs is 7. The lowest BCUT2D eigenvalue weighted by Crippen LogP contribution is -2.04. The maximum atomic E-state index is 5.78. The van der Waals surface area contributed by atoms with Crippen molar-refractivity contribution in [2.45, 2.75) is 0 Å². The van der Waals surface area contributed by atoms with Gasteiger partial charge in [0.2, 0.25) is 0 Å². The van der Waals surface area contributed by atoms with Crippen molar-refractivity contribution in [2.75, 3.05) is 0 Å². The Bertz CT molecular complexity index is 3980. The number of rotatable bonds is 6. The van der Waals surface area contributed by atoms with Crippen molar-refractivity contribution in [3.05, 3.63) is 237 Å². The standard InChI is InChI=1S/C62H39N3/c1-3-13-40(14-4-1)43-23-27-45(28-24-43)55-39-58-57(38-54(55)44-17-5-2-6-18-44)63-61(52-30-26-42-16-8-10-20-47(42)34-52)62(64-58)65-59-37-51(50-29-25-41-15-7-9-19-46(41)33-50)31-32-53(59)56-35-48-21-11-12-22-49(48)36-60(56)65/h1-39H. The van der Waals surface area contributed by atoms with Gasteiger partial charge in [-0.3, -0.25) is 4.57 Å². The zero-order valence-electron chi connectivity index (χ0n) is 35.4. The van der Waals surface area contributed by atoms with Crippen LogP contribution in [0.2, 0.25) is 0 Å². The molecule has 0 aliphatic rings. The highest BCUT2D eigenvalue weighted by atomic mass is 15.1. The lowest BCUT2D eigenvalue weighted by molar-refractivity contribution is 1.08. The van der Waals surface area contributed by atoms with Gasteiger partial charge in [-0.2, -0.15) is 0 Å². The maximum absolute atomic E-state index is 5.78. The van der Waals surface area contributed by atoms with E-state index in [1.165, 1.54) is 54.4 Å². The quantitative estimate of drug-likeness (QED) is 0.167. The molecule has 11 aromatic carbocycles. The molecule has 0 N–H and O–H groups in total. The van der Waals surface area contributed by atoms with Crippen molar-refractivity contribution in [2.24, 2.45) is 0 Å². The van der Waals surface area contributed by atoms with Crippen molar-refractivity contribution in [1.82, 2.24) is 14.5 Å². The van der Waals surface area contributed by atoms with Gasteiger partial charge in [0.15, 0.2) is 5.82 Å². The number of benzene rings is 11. The van der Waals surface area contributed by atoms with Crippen LogP contribution in [-0.2, 0) is 0 Å².